The molecule has 2 heterocycles. The van der Waals surface area contributed by atoms with Crippen LogP contribution >= 0.6 is 11.8 Å². The van der Waals surface area contributed by atoms with Gasteiger partial charge in [-0.3, -0.25) is 4.79 Å². The number of fused-ring (bicyclic) bond motifs is 1. The minimum atomic E-state index is -0.675. The number of methoxy groups -OCH3 is 2. The lowest BCUT2D eigenvalue weighted by molar-refractivity contribution is -0.150. The van der Waals surface area contributed by atoms with Gasteiger partial charge in [-0.1, -0.05) is 24.8 Å². The van der Waals surface area contributed by atoms with E-state index in [9.17, 15) is 9.59 Å². The van der Waals surface area contributed by atoms with Crippen LogP contribution in [0.15, 0.2) is 45.6 Å². The van der Waals surface area contributed by atoms with Crippen molar-refractivity contribution >= 4 is 28.8 Å². The lowest BCUT2D eigenvalue weighted by Gasteiger charge is -2.37. The summed E-state index contributed by atoms with van der Waals surface area (Å²) in [6.07, 6.45) is 1.01. The van der Waals surface area contributed by atoms with Crippen LogP contribution in [-0.4, -0.2) is 47.8 Å². The molecule has 0 aliphatic carbocycles. The maximum absolute atomic E-state index is 13.4. The number of carbonyl (C=O) groups excluding carboxylic acids is 2. The number of amides is 1. The molecule has 2 aliphatic heterocycles. The van der Waals surface area contributed by atoms with Crippen LogP contribution in [0.2, 0.25) is 0 Å². The molecule has 9 heteroatoms. The number of nitrogens with zero attached hydrogens (tertiary/aromatic N) is 2. The second-order valence-corrected chi connectivity index (χ2v) is 10.4. The zero-order valence-electron chi connectivity index (χ0n) is 21.7. The van der Waals surface area contributed by atoms with Crippen LogP contribution < -0.4 is 14.8 Å². The number of benzene rings is 1. The molecular weight excluding hydrogens is 466 g/mol. The van der Waals surface area contributed by atoms with E-state index < -0.39 is 17.6 Å². The number of esters is 1. The molecule has 1 aromatic rings. The van der Waals surface area contributed by atoms with Crippen molar-refractivity contribution in [2.24, 2.45) is 4.99 Å². The summed E-state index contributed by atoms with van der Waals surface area (Å²) in [5.41, 5.74) is 1.89. The molecule has 0 saturated heterocycles. The van der Waals surface area contributed by atoms with Crippen LogP contribution in [0.25, 0.3) is 0 Å². The van der Waals surface area contributed by atoms with Gasteiger partial charge in [-0.2, -0.15) is 0 Å². The van der Waals surface area contributed by atoms with E-state index in [1.54, 1.807) is 14.2 Å². The number of ether oxygens (including phenoxy) is 3. The van der Waals surface area contributed by atoms with Gasteiger partial charge >= 0.3 is 5.97 Å². The summed E-state index contributed by atoms with van der Waals surface area (Å²) in [5.74, 6) is 0.601. The lowest BCUT2D eigenvalue weighted by atomic mass is 9.93. The first-order chi connectivity index (χ1) is 16.5. The molecule has 0 saturated carbocycles. The largest absolute Gasteiger partial charge is 0.493 e. The molecule has 1 aromatic carbocycles. The first kappa shape index (κ1) is 26.7. The zero-order chi connectivity index (χ0) is 25.9. The molecule has 2 atom stereocenters. The fourth-order valence-electron chi connectivity index (χ4n) is 3.89. The summed E-state index contributed by atoms with van der Waals surface area (Å²) in [7, 11) is 3.15. The Morgan fingerprint density at radius 2 is 1.89 bits per heavy atom. The predicted molar refractivity (Wildman–Crippen MR) is 138 cm³/mol. The van der Waals surface area contributed by atoms with Crippen LogP contribution in [0.5, 0.6) is 11.5 Å². The fourth-order valence-corrected chi connectivity index (χ4v) is 4.86. The van der Waals surface area contributed by atoms with E-state index in [4.69, 9.17) is 19.2 Å². The monoisotopic (exact) mass is 501 g/mol. The lowest BCUT2D eigenvalue weighted by Crippen LogP contribution is -2.40. The van der Waals surface area contributed by atoms with Gasteiger partial charge in [0.05, 0.1) is 38.0 Å². The Kier molecular flexibility index (Phi) is 8.20. The molecule has 0 fully saturated rings. The third kappa shape index (κ3) is 6.01. The molecule has 0 radical (unpaired) electrons. The molecule has 1 N–H and O–H groups in total. The van der Waals surface area contributed by atoms with Crippen molar-refractivity contribution in [2.75, 3.05) is 14.2 Å². The van der Waals surface area contributed by atoms with E-state index >= 15 is 0 Å². The van der Waals surface area contributed by atoms with Crippen LogP contribution in [0.4, 0.5) is 0 Å². The minimum Gasteiger partial charge on any atom is -0.493 e. The van der Waals surface area contributed by atoms with Gasteiger partial charge in [0.1, 0.15) is 5.60 Å². The molecule has 0 bridgehead atoms. The van der Waals surface area contributed by atoms with Crippen molar-refractivity contribution < 1.29 is 23.8 Å². The second-order valence-electron chi connectivity index (χ2n) is 9.56. The Labute approximate surface area is 211 Å². The van der Waals surface area contributed by atoms with Crippen LogP contribution in [0, 0.1) is 0 Å². The number of rotatable bonds is 8. The number of nitrogens with one attached hydrogen (secondary N) is 1. The Balaban J connectivity index is 2.08. The van der Waals surface area contributed by atoms with Crippen LogP contribution in [-0.2, 0) is 14.3 Å². The Bertz CT molecular complexity index is 1090. The quantitative estimate of drug-likeness (QED) is 0.506. The molecular formula is C26H35N3O5S. The summed E-state index contributed by atoms with van der Waals surface area (Å²) < 4.78 is 16.7. The van der Waals surface area contributed by atoms with Gasteiger partial charge in [0.15, 0.2) is 16.7 Å². The summed E-state index contributed by atoms with van der Waals surface area (Å²) in [6.45, 7) is 11.3. The van der Waals surface area contributed by atoms with Gasteiger partial charge in [0.2, 0.25) is 5.91 Å². The van der Waals surface area contributed by atoms with Gasteiger partial charge in [0.25, 0.3) is 0 Å². The molecule has 35 heavy (non-hydrogen) atoms. The van der Waals surface area contributed by atoms with Crippen molar-refractivity contribution in [1.29, 1.82) is 0 Å². The second kappa shape index (κ2) is 10.8. The molecule has 1 amide bonds. The van der Waals surface area contributed by atoms with Crippen molar-refractivity contribution in [1.82, 2.24) is 10.2 Å². The zero-order valence-corrected chi connectivity index (χ0v) is 22.5. The molecule has 0 aromatic heterocycles. The summed E-state index contributed by atoms with van der Waals surface area (Å²) in [5, 5.41) is 5.65. The molecule has 190 valence electrons. The number of hydrogen-bond acceptors (Lipinski definition) is 8. The first-order valence-electron chi connectivity index (χ1n) is 11.7. The molecule has 8 nitrogen and oxygen atoms in total. The van der Waals surface area contributed by atoms with Crippen LogP contribution in [0.1, 0.15) is 66.0 Å². The SMILES string of the molecule is CCC(C)NC(=O)CC1=CSC2=NC(C)=C(C(=O)OC(C)(C)C)C(c3ccc(OC)c(OC)c3)N12. The number of allylic oxidation sites excluding steroid dienone is 1. The van der Waals surface area contributed by atoms with E-state index in [0.29, 0.717) is 27.9 Å². The highest BCUT2D eigenvalue weighted by Gasteiger charge is 2.42. The van der Waals surface area contributed by atoms with Crippen molar-refractivity contribution in [3.8, 4) is 11.5 Å². The van der Waals surface area contributed by atoms with Crippen LogP contribution in [0.3, 0.4) is 0 Å². The molecule has 3 rings (SSSR count). The smallest absolute Gasteiger partial charge is 0.338 e. The summed E-state index contributed by atoms with van der Waals surface area (Å²) in [4.78, 5) is 32.9. The number of hydrogen-bond donors (Lipinski definition) is 1. The number of carbonyl (C=O) groups is 2. The highest BCUT2D eigenvalue weighted by molar-refractivity contribution is 8.16. The highest BCUT2D eigenvalue weighted by Crippen LogP contribution is 2.46. The van der Waals surface area contributed by atoms with Gasteiger partial charge in [0, 0.05) is 11.7 Å². The van der Waals surface area contributed by atoms with Crippen molar-refractivity contribution in [2.45, 2.75) is 72.1 Å². The maximum Gasteiger partial charge on any atom is 0.338 e. The molecule has 2 aliphatic rings. The average molecular weight is 502 g/mol. The van der Waals surface area contributed by atoms with E-state index in [0.717, 1.165) is 17.7 Å². The third-order valence-corrected chi connectivity index (χ3v) is 6.59. The average Bonchev–Trinajstić information content (AvgIpc) is 3.17. The Morgan fingerprint density at radius 3 is 2.49 bits per heavy atom. The number of amidine groups is 1. The van der Waals surface area contributed by atoms with E-state index in [-0.39, 0.29) is 18.4 Å². The topological polar surface area (TPSA) is 89.5 Å². The number of aliphatic imine (C=N–C) groups is 1. The normalized spacial score (nSPS) is 18.4. The first-order valence-corrected chi connectivity index (χ1v) is 12.6. The minimum absolute atomic E-state index is 0.0766. The maximum atomic E-state index is 13.4. The molecule has 0 spiro atoms. The Hall–Kier alpha value is -2.94. The van der Waals surface area contributed by atoms with Gasteiger partial charge in [-0.15, -0.1) is 0 Å². The summed E-state index contributed by atoms with van der Waals surface area (Å²) in [6, 6.07) is 5.09. The third-order valence-electron chi connectivity index (χ3n) is 5.70. The van der Waals surface area contributed by atoms with Gasteiger partial charge in [-0.25, -0.2) is 9.79 Å². The standard InChI is InChI=1S/C26H35N3O5S/c1-9-15(2)27-21(30)13-18-14-35-25-28-16(3)22(24(31)34-26(4,5)6)23(29(18)25)17-10-11-19(32-7)20(12-17)33-8/h10-12,14-15,23H,9,13H2,1-8H3,(H,27,30). The number of thioether (sulfide) groups is 1. The van der Waals surface area contributed by atoms with E-state index in [2.05, 4.69) is 5.32 Å². The van der Waals surface area contributed by atoms with Crippen molar-refractivity contribution in [3.05, 3.63) is 46.1 Å². The molecule has 2 unspecified atom stereocenters. The fraction of sp³-hybridized carbons (Fsp3) is 0.500. The van der Waals surface area contributed by atoms with E-state index in [1.165, 1.54) is 11.8 Å². The van der Waals surface area contributed by atoms with Gasteiger partial charge < -0.3 is 24.4 Å². The predicted octanol–water partition coefficient (Wildman–Crippen LogP) is 4.93. The Morgan fingerprint density at radius 1 is 1.20 bits per heavy atom. The van der Waals surface area contributed by atoms with E-state index in [1.807, 2.05) is 70.0 Å². The van der Waals surface area contributed by atoms with Gasteiger partial charge in [-0.05, 0) is 64.1 Å². The summed E-state index contributed by atoms with van der Waals surface area (Å²) >= 11 is 1.44. The van der Waals surface area contributed by atoms with Crippen molar-refractivity contribution in [3.63, 3.8) is 0 Å². The highest BCUT2D eigenvalue weighted by atomic mass is 32.2.